The molecular formula is C21H18F3NO4. The van der Waals surface area contributed by atoms with E-state index in [0.29, 0.717) is 18.1 Å². The van der Waals surface area contributed by atoms with E-state index in [4.69, 9.17) is 9.47 Å². The van der Waals surface area contributed by atoms with Crippen molar-refractivity contribution in [3.8, 4) is 11.8 Å². The van der Waals surface area contributed by atoms with Gasteiger partial charge in [0.05, 0.1) is 11.3 Å². The summed E-state index contributed by atoms with van der Waals surface area (Å²) in [6.07, 6.45) is -5.70. The number of hydrogen-bond donors (Lipinski definition) is 2. The van der Waals surface area contributed by atoms with Crippen LogP contribution >= 0.6 is 0 Å². The van der Waals surface area contributed by atoms with Gasteiger partial charge in [-0.05, 0) is 36.1 Å². The Morgan fingerprint density at radius 2 is 2.00 bits per heavy atom. The number of alkyl halides is 3. The van der Waals surface area contributed by atoms with Crippen molar-refractivity contribution in [1.82, 2.24) is 0 Å². The average molecular weight is 405 g/mol. The Morgan fingerprint density at radius 1 is 1.28 bits per heavy atom. The second-order valence-corrected chi connectivity index (χ2v) is 6.37. The maximum atomic E-state index is 13.1. The van der Waals surface area contributed by atoms with Crippen LogP contribution in [-0.4, -0.2) is 17.3 Å². The van der Waals surface area contributed by atoms with Gasteiger partial charge >= 0.3 is 12.3 Å². The van der Waals surface area contributed by atoms with Gasteiger partial charge in [0.2, 0.25) is 0 Å². The predicted octanol–water partition coefficient (Wildman–Crippen LogP) is 4.41. The summed E-state index contributed by atoms with van der Waals surface area (Å²) in [5.74, 6) is 3.04. The van der Waals surface area contributed by atoms with Crippen LogP contribution in [-0.2, 0) is 28.0 Å². The molecule has 152 valence electrons. The molecule has 0 radical (unpaired) electrons. The fourth-order valence-electron chi connectivity index (χ4n) is 2.75. The highest BCUT2D eigenvalue weighted by Crippen LogP contribution is 2.38. The van der Waals surface area contributed by atoms with E-state index in [1.165, 1.54) is 0 Å². The molecule has 0 fully saturated rings. The summed E-state index contributed by atoms with van der Waals surface area (Å²) in [6, 6.07) is 11.3. The third-order valence-electron chi connectivity index (χ3n) is 4.25. The number of halogens is 3. The molecule has 2 aromatic carbocycles. The molecule has 3 rings (SSSR count). The molecule has 2 N–H and O–H groups in total. The molecule has 29 heavy (non-hydrogen) atoms. The Bertz CT molecular complexity index is 950. The first-order valence-electron chi connectivity index (χ1n) is 8.83. The highest BCUT2D eigenvalue weighted by Gasteiger charge is 2.39. The van der Waals surface area contributed by atoms with E-state index in [-0.39, 0.29) is 17.9 Å². The Hall–Kier alpha value is -3.02. The summed E-state index contributed by atoms with van der Waals surface area (Å²) in [4.78, 5) is 12.2. The van der Waals surface area contributed by atoms with Crippen molar-refractivity contribution in [3.63, 3.8) is 0 Å². The van der Waals surface area contributed by atoms with Gasteiger partial charge in [-0.3, -0.25) is 5.32 Å². The summed E-state index contributed by atoms with van der Waals surface area (Å²) in [5, 5.41) is 12.9. The summed E-state index contributed by atoms with van der Waals surface area (Å²) >= 11 is 0. The lowest BCUT2D eigenvalue weighted by atomic mass is 10.0. The average Bonchev–Trinajstić information content (AvgIpc) is 3.09. The quantitative estimate of drug-likeness (QED) is 0.723. The van der Waals surface area contributed by atoms with Crippen molar-refractivity contribution in [2.75, 3.05) is 5.32 Å². The molecule has 2 unspecified atom stereocenters. The van der Waals surface area contributed by atoms with Crippen LogP contribution in [0, 0.1) is 11.8 Å². The van der Waals surface area contributed by atoms with E-state index < -0.39 is 29.7 Å². The first-order chi connectivity index (χ1) is 13.7. The number of rotatable bonds is 5. The van der Waals surface area contributed by atoms with Crippen LogP contribution in [0.2, 0.25) is 0 Å². The molecular weight excluding hydrogens is 387 g/mol. The third kappa shape index (κ3) is 4.88. The maximum absolute atomic E-state index is 13.1. The highest BCUT2D eigenvalue weighted by atomic mass is 19.4. The van der Waals surface area contributed by atoms with Crippen molar-refractivity contribution in [2.45, 2.75) is 38.0 Å². The number of aliphatic hydroxyl groups is 1. The van der Waals surface area contributed by atoms with Gasteiger partial charge in [0.25, 0.3) is 5.79 Å². The molecule has 0 spiro atoms. The standard InChI is InChI=1S/C21H18F3NO4/c1-2-16-10-11-20(27,29-16)17-9-8-15(21(22,23)24)12-18(17)25-19(26)28-13-14-6-4-3-5-7-14/h3-9,12,16,27H,2,13H2,1H3,(H,25,26). The number of hydrogen-bond acceptors (Lipinski definition) is 4. The van der Waals surface area contributed by atoms with Crippen LogP contribution in [0.4, 0.5) is 23.7 Å². The number of carbonyl (C=O) groups is 1. The Kier molecular flexibility index (Phi) is 5.82. The molecule has 0 saturated carbocycles. The van der Waals surface area contributed by atoms with E-state index in [1.54, 1.807) is 37.3 Å². The zero-order valence-corrected chi connectivity index (χ0v) is 15.4. The predicted molar refractivity (Wildman–Crippen MR) is 98.5 cm³/mol. The van der Waals surface area contributed by atoms with E-state index in [9.17, 15) is 23.1 Å². The van der Waals surface area contributed by atoms with E-state index in [0.717, 1.165) is 12.1 Å². The molecule has 1 heterocycles. The summed E-state index contributed by atoms with van der Waals surface area (Å²) in [5.41, 5.74) is -0.695. The monoisotopic (exact) mass is 405 g/mol. The van der Waals surface area contributed by atoms with E-state index >= 15 is 0 Å². The molecule has 0 aromatic heterocycles. The van der Waals surface area contributed by atoms with Gasteiger partial charge in [-0.25, -0.2) is 4.79 Å². The fourth-order valence-corrected chi connectivity index (χ4v) is 2.75. The van der Waals surface area contributed by atoms with Gasteiger partial charge in [-0.15, -0.1) is 0 Å². The molecule has 0 aliphatic carbocycles. The maximum Gasteiger partial charge on any atom is 0.416 e. The zero-order valence-electron chi connectivity index (χ0n) is 15.4. The van der Waals surface area contributed by atoms with Crippen LogP contribution < -0.4 is 5.32 Å². The van der Waals surface area contributed by atoms with Crippen molar-refractivity contribution in [2.24, 2.45) is 0 Å². The van der Waals surface area contributed by atoms with Crippen molar-refractivity contribution >= 4 is 11.8 Å². The molecule has 2 aromatic rings. The minimum Gasteiger partial charge on any atom is -0.444 e. The van der Waals surface area contributed by atoms with Crippen LogP contribution in [0.5, 0.6) is 0 Å². The van der Waals surface area contributed by atoms with Gasteiger partial charge in [0.15, 0.2) is 0 Å². The van der Waals surface area contributed by atoms with Gasteiger partial charge in [0, 0.05) is 5.56 Å². The van der Waals surface area contributed by atoms with Gasteiger partial charge in [0.1, 0.15) is 12.7 Å². The Labute approximate surface area is 165 Å². The van der Waals surface area contributed by atoms with Crippen molar-refractivity contribution < 1.29 is 32.5 Å². The van der Waals surface area contributed by atoms with Crippen LogP contribution in [0.1, 0.15) is 30.0 Å². The molecule has 1 aliphatic heterocycles. The molecule has 5 nitrogen and oxygen atoms in total. The highest BCUT2D eigenvalue weighted by molar-refractivity contribution is 5.86. The smallest absolute Gasteiger partial charge is 0.416 e. The van der Waals surface area contributed by atoms with Crippen LogP contribution in [0.3, 0.4) is 0 Å². The summed E-state index contributed by atoms with van der Waals surface area (Å²) in [6.45, 7) is 1.72. The Morgan fingerprint density at radius 3 is 2.62 bits per heavy atom. The summed E-state index contributed by atoms with van der Waals surface area (Å²) < 4.78 is 49.9. The second kappa shape index (κ2) is 8.15. The zero-order chi connectivity index (χ0) is 21.1. The van der Waals surface area contributed by atoms with E-state index in [1.807, 2.05) is 0 Å². The summed E-state index contributed by atoms with van der Waals surface area (Å²) in [7, 11) is 0. The molecule has 8 heteroatoms. The number of carbonyl (C=O) groups excluding carboxylic acids is 1. The lowest BCUT2D eigenvalue weighted by molar-refractivity contribution is -0.174. The van der Waals surface area contributed by atoms with Gasteiger partial charge in [-0.1, -0.05) is 43.2 Å². The van der Waals surface area contributed by atoms with E-state index in [2.05, 4.69) is 17.2 Å². The normalized spacial score (nSPS) is 20.7. The molecule has 2 atom stereocenters. The third-order valence-corrected chi connectivity index (χ3v) is 4.25. The number of nitrogens with one attached hydrogen (secondary N) is 1. The lowest BCUT2D eigenvalue weighted by Crippen LogP contribution is -2.30. The molecule has 0 saturated heterocycles. The number of anilines is 1. The molecule has 0 bridgehead atoms. The lowest BCUT2D eigenvalue weighted by Gasteiger charge is -2.25. The minimum atomic E-state index is -4.64. The fraction of sp³-hybridized carbons (Fsp3) is 0.286. The van der Waals surface area contributed by atoms with Gasteiger partial charge < -0.3 is 14.6 Å². The van der Waals surface area contributed by atoms with Crippen LogP contribution in [0.25, 0.3) is 0 Å². The van der Waals surface area contributed by atoms with Crippen LogP contribution in [0.15, 0.2) is 48.5 Å². The van der Waals surface area contributed by atoms with Gasteiger partial charge in [-0.2, -0.15) is 13.2 Å². The SMILES string of the molecule is CCC1C#CC(O)(c2ccc(C(F)(F)F)cc2NC(=O)OCc2ccccc2)O1. The molecule has 1 aliphatic rings. The number of benzene rings is 2. The minimum absolute atomic E-state index is 0.0700. The number of ether oxygens (including phenoxy) is 2. The first-order valence-corrected chi connectivity index (χ1v) is 8.83. The van der Waals surface area contributed by atoms with Crippen molar-refractivity contribution in [3.05, 3.63) is 65.2 Å². The number of amides is 1. The molecule has 1 amide bonds. The topological polar surface area (TPSA) is 67.8 Å². The largest absolute Gasteiger partial charge is 0.444 e. The Balaban J connectivity index is 1.85. The second-order valence-electron chi connectivity index (χ2n) is 6.37. The first kappa shape index (κ1) is 20.7. The van der Waals surface area contributed by atoms with Crippen molar-refractivity contribution in [1.29, 1.82) is 0 Å².